The van der Waals surface area contributed by atoms with Crippen LogP contribution in [0.5, 0.6) is 0 Å². The van der Waals surface area contributed by atoms with Gasteiger partial charge in [0, 0.05) is 32.6 Å². The maximum absolute atomic E-state index is 14.0. The predicted molar refractivity (Wildman–Crippen MR) is 182 cm³/mol. The van der Waals surface area contributed by atoms with Gasteiger partial charge in [0.25, 0.3) is 0 Å². The molecule has 0 unspecified atom stereocenters. The molecule has 0 bridgehead atoms. The minimum Gasteiger partial charge on any atom is -0.394 e. The normalized spacial score (nSPS) is 18.1. The number of halogens is 2. The zero-order valence-electron chi connectivity index (χ0n) is 29.8. The number of carbonyl (C=O) groups is 4. The third kappa shape index (κ3) is 13.1. The number of likely N-dealkylation sites (N-methyl/N-ethyl adjacent to an activating group) is 1. The van der Waals surface area contributed by atoms with E-state index in [1.165, 1.54) is 11.9 Å². The Morgan fingerprint density at radius 1 is 0.980 bits per heavy atom. The number of carbonyl (C=O) groups excluding carboxylic acids is 4. The highest BCUT2D eigenvalue weighted by atomic mass is 32.2. The van der Waals surface area contributed by atoms with Crippen LogP contribution in [0, 0.1) is 10.8 Å². The highest BCUT2D eigenvalue weighted by molar-refractivity contribution is 7.88. The Morgan fingerprint density at radius 3 is 2.10 bits per heavy atom. The summed E-state index contributed by atoms with van der Waals surface area (Å²) in [5.41, 5.74) is -0.591. The smallest absolute Gasteiger partial charge is 0.315 e. The van der Waals surface area contributed by atoms with E-state index in [-0.39, 0.29) is 25.9 Å². The van der Waals surface area contributed by atoms with Crippen molar-refractivity contribution >= 4 is 33.8 Å². The predicted octanol–water partition coefficient (Wildman–Crippen LogP) is 1.86. The molecule has 0 spiro atoms. The van der Waals surface area contributed by atoms with Crippen molar-refractivity contribution in [3.8, 4) is 0 Å². The first-order chi connectivity index (χ1) is 22.5. The number of alkyl halides is 2. The van der Waals surface area contributed by atoms with Crippen LogP contribution in [0.3, 0.4) is 0 Å². The van der Waals surface area contributed by atoms with Gasteiger partial charge >= 0.3 is 6.03 Å². The molecule has 49 heavy (non-hydrogen) atoms. The minimum atomic E-state index is -3.54. The molecular formula is C33H54F2N6O7S. The molecule has 0 aromatic heterocycles. The lowest BCUT2D eigenvalue weighted by molar-refractivity contribution is -0.142. The summed E-state index contributed by atoms with van der Waals surface area (Å²) in [6.45, 7) is 10.4. The van der Waals surface area contributed by atoms with Gasteiger partial charge in [0.2, 0.25) is 34.2 Å². The number of likely N-dealkylation sites (tertiary alicyclic amines) is 1. The lowest BCUT2D eigenvalue weighted by Gasteiger charge is -2.37. The van der Waals surface area contributed by atoms with Crippen molar-refractivity contribution in [2.75, 3.05) is 33.0 Å². The summed E-state index contributed by atoms with van der Waals surface area (Å²) in [5.74, 6) is -2.25. The van der Waals surface area contributed by atoms with Gasteiger partial charge in [-0.3, -0.25) is 14.4 Å². The average Bonchev–Trinajstić information content (AvgIpc) is 3.47. The van der Waals surface area contributed by atoms with E-state index >= 15 is 0 Å². The lowest BCUT2D eigenvalue weighted by atomic mass is 9.85. The van der Waals surface area contributed by atoms with Crippen molar-refractivity contribution in [1.82, 2.24) is 30.5 Å². The topological polar surface area (TPSA) is 177 Å². The molecule has 1 saturated heterocycles. The van der Waals surface area contributed by atoms with Gasteiger partial charge in [-0.2, -0.15) is 0 Å². The first-order valence-electron chi connectivity index (χ1n) is 16.4. The Kier molecular flexibility index (Phi) is 14.9. The van der Waals surface area contributed by atoms with Crippen LogP contribution in [-0.4, -0.2) is 116 Å². The first-order valence-corrected chi connectivity index (χ1v) is 18.2. The number of sulfonamides is 1. The number of aliphatic hydroxyl groups excluding tert-OH is 1. The fraction of sp³-hybridized carbons (Fsp3) is 0.697. The molecule has 2 rings (SSSR count). The summed E-state index contributed by atoms with van der Waals surface area (Å²) >= 11 is 0. The second-order valence-electron chi connectivity index (χ2n) is 14.8. The molecular weight excluding hydrogens is 662 g/mol. The molecule has 1 aromatic rings. The second-order valence-corrected chi connectivity index (χ2v) is 16.9. The van der Waals surface area contributed by atoms with Crippen LogP contribution in [0.15, 0.2) is 30.3 Å². The number of amides is 5. The van der Waals surface area contributed by atoms with E-state index in [1.54, 1.807) is 45.0 Å². The third-order valence-electron chi connectivity index (χ3n) is 8.52. The van der Waals surface area contributed by atoms with E-state index in [9.17, 15) is 41.5 Å². The van der Waals surface area contributed by atoms with Gasteiger partial charge in [0.15, 0.2) is 0 Å². The highest BCUT2D eigenvalue weighted by Gasteiger charge is 2.43. The van der Waals surface area contributed by atoms with Gasteiger partial charge in [0.05, 0.1) is 18.9 Å². The minimum absolute atomic E-state index is 0.0169. The van der Waals surface area contributed by atoms with Crippen LogP contribution in [0.4, 0.5) is 13.6 Å². The van der Waals surface area contributed by atoms with Crippen molar-refractivity contribution in [2.45, 2.75) is 104 Å². The number of aliphatic hydroxyl groups is 1. The molecule has 1 fully saturated rings. The number of hydrogen-bond donors (Lipinski definition) is 5. The Hall–Kier alpha value is -3.37. The quantitative estimate of drug-likeness (QED) is 0.184. The van der Waals surface area contributed by atoms with Crippen molar-refractivity contribution in [2.24, 2.45) is 10.8 Å². The molecule has 13 nitrogen and oxygen atoms in total. The Labute approximate surface area is 289 Å². The number of nitrogens with one attached hydrogen (secondary N) is 4. The molecule has 5 N–H and O–H groups in total. The monoisotopic (exact) mass is 716 g/mol. The molecule has 5 atom stereocenters. The van der Waals surface area contributed by atoms with Gasteiger partial charge in [-0.25, -0.2) is 26.3 Å². The zero-order valence-corrected chi connectivity index (χ0v) is 30.6. The molecule has 0 aliphatic carbocycles. The summed E-state index contributed by atoms with van der Waals surface area (Å²) in [6.07, 6.45) is -1.97. The maximum atomic E-state index is 14.0. The van der Waals surface area contributed by atoms with Gasteiger partial charge in [0.1, 0.15) is 18.1 Å². The van der Waals surface area contributed by atoms with E-state index in [1.807, 2.05) is 26.8 Å². The highest BCUT2D eigenvalue weighted by Crippen LogP contribution is 2.27. The molecule has 1 aliphatic heterocycles. The summed E-state index contributed by atoms with van der Waals surface area (Å²) < 4.78 is 52.3. The van der Waals surface area contributed by atoms with Crippen molar-refractivity contribution < 1.29 is 41.5 Å². The van der Waals surface area contributed by atoms with Crippen LogP contribution in [0.2, 0.25) is 0 Å². The van der Waals surface area contributed by atoms with Crippen molar-refractivity contribution in [3.05, 3.63) is 35.9 Å². The summed E-state index contributed by atoms with van der Waals surface area (Å²) in [6, 6.07) is 3.00. The number of urea groups is 1. The van der Waals surface area contributed by atoms with E-state index in [0.717, 1.165) is 16.1 Å². The molecule has 0 saturated carbocycles. The lowest BCUT2D eigenvalue weighted by Crippen LogP contribution is -2.62. The van der Waals surface area contributed by atoms with E-state index in [2.05, 4.69) is 21.3 Å². The molecule has 1 aliphatic rings. The van der Waals surface area contributed by atoms with Crippen LogP contribution in [0.25, 0.3) is 0 Å². The third-order valence-corrected chi connectivity index (χ3v) is 9.80. The van der Waals surface area contributed by atoms with Crippen LogP contribution < -0.4 is 21.3 Å². The zero-order chi connectivity index (χ0) is 37.3. The van der Waals surface area contributed by atoms with Crippen LogP contribution >= 0.6 is 0 Å². The largest absolute Gasteiger partial charge is 0.394 e. The number of benzene rings is 1. The molecule has 5 amide bonds. The summed E-state index contributed by atoms with van der Waals surface area (Å²) in [7, 11) is -2.13. The number of nitrogens with zero attached hydrogens (tertiary/aromatic N) is 2. The molecule has 1 heterocycles. The summed E-state index contributed by atoms with van der Waals surface area (Å²) in [5, 5.41) is 20.3. The number of rotatable bonds is 15. The molecule has 16 heteroatoms. The van der Waals surface area contributed by atoms with Crippen LogP contribution in [-0.2, 0) is 30.8 Å². The number of hydrogen-bond acceptors (Lipinski definition) is 7. The second kappa shape index (κ2) is 17.5. The fourth-order valence-corrected chi connectivity index (χ4v) is 5.84. The SMILES string of the molecule is CN(C[C@@H](NC(=O)N[C@H](C(=O)N1CCC[C@H]1C(=O)N[C@@H](CC(F)F)C(=O)N[C@H](CO)Cc1ccccc1)C(C)(C)C)C(C)(C)C)S(C)(=O)=O. The summed E-state index contributed by atoms with van der Waals surface area (Å²) in [4.78, 5) is 55.2. The molecule has 1 aromatic carbocycles. The molecule has 278 valence electrons. The van der Waals surface area contributed by atoms with Crippen LogP contribution in [0.1, 0.15) is 66.4 Å². The van der Waals surface area contributed by atoms with Gasteiger partial charge in [-0.1, -0.05) is 71.9 Å². The Morgan fingerprint density at radius 2 is 1.59 bits per heavy atom. The Bertz CT molecular complexity index is 1390. The standard InChI is InChI=1S/C33H54F2N6O7S/c1-32(2,3)25(19-40(7)49(8,47)48)38-31(46)39-27(33(4,5)6)30(45)41-16-12-15-24(41)29(44)37-23(18-26(34)35)28(43)36-22(20-42)17-21-13-10-9-11-14-21/h9-11,13-14,22-27,42H,12,15-20H2,1-8H3,(H,36,43)(H,37,44)(H2,38,39,46)/t22-,23-,24-,25+,27+/m0/s1. The average molecular weight is 717 g/mol. The van der Waals surface area contributed by atoms with Gasteiger partial charge in [-0.15, -0.1) is 0 Å². The van der Waals surface area contributed by atoms with Crippen molar-refractivity contribution in [3.63, 3.8) is 0 Å². The fourth-order valence-electron chi connectivity index (χ4n) is 5.42. The van der Waals surface area contributed by atoms with E-state index in [4.69, 9.17) is 0 Å². The van der Waals surface area contributed by atoms with Crippen molar-refractivity contribution in [1.29, 1.82) is 0 Å². The molecule has 0 radical (unpaired) electrons. The Balaban J connectivity index is 2.21. The van der Waals surface area contributed by atoms with E-state index < -0.39 is 94.3 Å². The van der Waals surface area contributed by atoms with Gasteiger partial charge < -0.3 is 31.3 Å². The van der Waals surface area contributed by atoms with Gasteiger partial charge in [-0.05, 0) is 35.7 Å². The van der Waals surface area contributed by atoms with E-state index in [0.29, 0.717) is 6.42 Å². The first kappa shape index (κ1) is 41.8. The maximum Gasteiger partial charge on any atom is 0.315 e.